The van der Waals surface area contributed by atoms with Crippen LogP contribution in [-0.2, 0) is 0 Å². The highest BCUT2D eigenvalue weighted by Gasteiger charge is 2.17. The van der Waals surface area contributed by atoms with Crippen molar-refractivity contribution >= 4 is 11.6 Å². The minimum absolute atomic E-state index is 0.329. The van der Waals surface area contributed by atoms with Crippen LogP contribution in [0.4, 0.5) is 0 Å². The van der Waals surface area contributed by atoms with E-state index in [-0.39, 0.29) is 0 Å². The Morgan fingerprint density at radius 1 is 1.25 bits per heavy atom. The lowest BCUT2D eigenvalue weighted by Gasteiger charge is -2.17. The maximum Gasteiger partial charge on any atom is 0.119 e. The Balaban J connectivity index is 2.65. The van der Waals surface area contributed by atoms with Crippen LogP contribution < -0.4 is 4.74 Å². The molecular weight excluding hydrogens is 228 g/mol. The first-order valence-corrected chi connectivity index (χ1v) is 5.87. The second-order valence-corrected chi connectivity index (χ2v) is 3.87. The molecule has 0 aromatic heterocycles. The van der Waals surface area contributed by atoms with Crippen molar-refractivity contribution in [1.29, 1.82) is 0 Å². The van der Waals surface area contributed by atoms with Gasteiger partial charge in [-0.15, -0.1) is 11.6 Å². The van der Waals surface area contributed by atoms with Crippen LogP contribution in [0.15, 0.2) is 24.3 Å². The van der Waals surface area contributed by atoms with Gasteiger partial charge < -0.3 is 14.9 Å². The molecule has 0 radical (unpaired) electrons. The molecule has 0 aliphatic carbocycles. The van der Waals surface area contributed by atoms with Crippen LogP contribution in [-0.4, -0.2) is 28.8 Å². The molecule has 0 fully saturated rings. The molecule has 0 saturated carbocycles. The highest BCUT2D eigenvalue weighted by molar-refractivity contribution is 6.17. The van der Waals surface area contributed by atoms with Gasteiger partial charge in [0.15, 0.2) is 0 Å². The predicted octanol–water partition coefficient (Wildman–Crippen LogP) is 2.11. The Bertz CT molecular complexity index is 300. The molecular formula is C12H17ClO3. The molecule has 2 N–H and O–H groups in total. The topological polar surface area (TPSA) is 49.7 Å². The minimum Gasteiger partial charge on any atom is -0.494 e. The van der Waals surface area contributed by atoms with Crippen molar-refractivity contribution in [2.24, 2.45) is 0 Å². The van der Waals surface area contributed by atoms with E-state index in [2.05, 4.69) is 0 Å². The first-order valence-electron chi connectivity index (χ1n) is 5.34. The molecule has 0 heterocycles. The van der Waals surface area contributed by atoms with Crippen LogP contribution in [0, 0.1) is 0 Å². The van der Waals surface area contributed by atoms with Crippen molar-refractivity contribution in [2.75, 3.05) is 12.5 Å². The summed E-state index contributed by atoms with van der Waals surface area (Å²) in [6, 6.07) is 7.03. The fourth-order valence-corrected chi connectivity index (χ4v) is 1.64. The minimum atomic E-state index is -0.894. The maximum absolute atomic E-state index is 9.79. The zero-order valence-electron chi connectivity index (χ0n) is 9.27. The molecule has 0 saturated heterocycles. The molecule has 4 heteroatoms. The molecule has 90 valence electrons. The molecule has 2 atom stereocenters. The third kappa shape index (κ3) is 3.67. The fourth-order valence-electron chi connectivity index (χ4n) is 1.42. The van der Waals surface area contributed by atoms with Gasteiger partial charge in [-0.05, 0) is 31.0 Å². The van der Waals surface area contributed by atoms with Gasteiger partial charge in [0.25, 0.3) is 0 Å². The zero-order valence-corrected chi connectivity index (χ0v) is 10.0. The van der Waals surface area contributed by atoms with Gasteiger partial charge in [0, 0.05) is 5.88 Å². The van der Waals surface area contributed by atoms with Gasteiger partial charge >= 0.3 is 0 Å². The highest BCUT2D eigenvalue weighted by atomic mass is 35.5. The number of alkyl halides is 1. The molecule has 0 bridgehead atoms. The maximum atomic E-state index is 9.79. The second kappa shape index (κ2) is 6.74. The van der Waals surface area contributed by atoms with Gasteiger partial charge in [-0.1, -0.05) is 12.1 Å². The zero-order chi connectivity index (χ0) is 12.0. The summed E-state index contributed by atoms with van der Waals surface area (Å²) in [7, 11) is 0. The van der Waals surface area contributed by atoms with Crippen LogP contribution >= 0.6 is 11.6 Å². The van der Waals surface area contributed by atoms with E-state index in [4.69, 9.17) is 16.3 Å². The summed E-state index contributed by atoms with van der Waals surface area (Å²) in [6.07, 6.45) is -1.35. The van der Waals surface area contributed by atoms with Crippen molar-refractivity contribution in [3.05, 3.63) is 29.8 Å². The lowest BCUT2D eigenvalue weighted by molar-refractivity contribution is 0.0170. The van der Waals surface area contributed by atoms with Gasteiger partial charge in [-0.25, -0.2) is 0 Å². The SMILES string of the molecule is CCOc1ccc(C(O)C(O)CCCl)cc1. The van der Waals surface area contributed by atoms with Gasteiger partial charge in [0.1, 0.15) is 11.9 Å². The lowest BCUT2D eigenvalue weighted by atomic mass is 10.0. The molecule has 1 aromatic rings. The van der Waals surface area contributed by atoms with Crippen molar-refractivity contribution in [1.82, 2.24) is 0 Å². The Morgan fingerprint density at radius 3 is 2.38 bits per heavy atom. The van der Waals surface area contributed by atoms with E-state index in [0.29, 0.717) is 24.5 Å². The van der Waals surface area contributed by atoms with Gasteiger partial charge in [-0.2, -0.15) is 0 Å². The van der Waals surface area contributed by atoms with E-state index >= 15 is 0 Å². The summed E-state index contributed by atoms with van der Waals surface area (Å²) < 4.78 is 5.28. The number of aliphatic hydroxyl groups is 2. The summed E-state index contributed by atoms with van der Waals surface area (Å²) >= 11 is 5.50. The Hall–Kier alpha value is -0.770. The van der Waals surface area contributed by atoms with Crippen molar-refractivity contribution in [2.45, 2.75) is 25.6 Å². The normalized spacial score (nSPS) is 14.5. The molecule has 0 aliphatic heterocycles. The molecule has 0 aliphatic rings. The molecule has 3 nitrogen and oxygen atoms in total. The van der Waals surface area contributed by atoms with E-state index in [9.17, 15) is 10.2 Å². The summed E-state index contributed by atoms with van der Waals surface area (Å²) in [6.45, 7) is 2.52. The Kier molecular flexibility index (Phi) is 5.60. The third-order valence-electron chi connectivity index (χ3n) is 2.30. The summed E-state index contributed by atoms with van der Waals surface area (Å²) in [4.78, 5) is 0. The van der Waals surface area contributed by atoms with E-state index in [1.165, 1.54) is 0 Å². The standard InChI is InChI=1S/C12H17ClO3/c1-2-16-10-5-3-9(4-6-10)12(15)11(14)7-8-13/h3-6,11-12,14-15H,2,7-8H2,1H3. The van der Waals surface area contributed by atoms with Crippen LogP contribution in [0.5, 0.6) is 5.75 Å². The number of benzene rings is 1. The lowest BCUT2D eigenvalue weighted by Crippen LogP contribution is -2.18. The Morgan fingerprint density at radius 2 is 1.88 bits per heavy atom. The first kappa shape index (κ1) is 13.3. The quantitative estimate of drug-likeness (QED) is 0.754. The van der Waals surface area contributed by atoms with E-state index < -0.39 is 12.2 Å². The average Bonchev–Trinajstić information content (AvgIpc) is 2.30. The van der Waals surface area contributed by atoms with Crippen molar-refractivity contribution in [3.8, 4) is 5.75 Å². The number of aliphatic hydroxyl groups excluding tert-OH is 2. The molecule has 2 unspecified atom stereocenters. The van der Waals surface area contributed by atoms with Gasteiger partial charge in [-0.3, -0.25) is 0 Å². The van der Waals surface area contributed by atoms with Gasteiger partial charge in [0.05, 0.1) is 12.7 Å². The fraction of sp³-hybridized carbons (Fsp3) is 0.500. The average molecular weight is 245 g/mol. The second-order valence-electron chi connectivity index (χ2n) is 3.49. The van der Waals surface area contributed by atoms with Crippen molar-refractivity contribution < 1.29 is 14.9 Å². The summed E-state index contributed by atoms with van der Waals surface area (Å²) in [5.41, 5.74) is 0.668. The van der Waals surface area contributed by atoms with Crippen LogP contribution in [0.1, 0.15) is 25.0 Å². The van der Waals surface area contributed by atoms with Crippen LogP contribution in [0.3, 0.4) is 0 Å². The largest absolute Gasteiger partial charge is 0.494 e. The van der Waals surface area contributed by atoms with Crippen molar-refractivity contribution in [3.63, 3.8) is 0 Å². The first-order chi connectivity index (χ1) is 7.69. The number of hydrogen-bond acceptors (Lipinski definition) is 3. The number of hydrogen-bond donors (Lipinski definition) is 2. The van der Waals surface area contributed by atoms with Crippen LogP contribution in [0.25, 0.3) is 0 Å². The number of rotatable bonds is 6. The van der Waals surface area contributed by atoms with E-state index in [0.717, 1.165) is 5.75 Å². The highest BCUT2D eigenvalue weighted by Crippen LogP contribution is 2.22. The molecule has 16 heavy (non-hydrogen) atoms. The number of ether oxygens (including phenoxy) is 1. The van der Waals surface area contributed by atoms with Gasteiger partial charge in [0.2, 0.25) is 0 Å². The third-order valence-corrected chi connectivity index (χ3v) is 2.52. The molecule has 0 amide bonds. The summed E-state index contributed by atoms with van der Waals surface area (Å²) in [5.74, 6) is 1.08. The predicted molar refractivity (Wildman–Crippen MR) is 63.9 cm³/mol. The monoisotopic (exact) mass is 244 g/mol. The molecule has 1 aromatic carbocycles. The van der Waals surface area contributed by atoms with Crippen LogP contribution in [0.2, 0.25) is 0 Å². The Labute approximate surface area is 101 Å². The number of halogens is 1. The molecule has 0 spiro atoms. The smallest absolute Gasteiger partial charge is 0.119 e. The molecule has 1 rings (SSSR count). The summed E-state index contributed by atoms with van der Waals surface area (Å²) in [5, 5.41) is 19.4. The van der Waals surface area contributed by atoms with E-state index in [1.54, 1.807) is 24.3 Å². The van der Waals surface area contributed by atoms with E-state index in [1.807, 2.05) is 6.92 Å².